The third kappa shape index (κ3) is 1.89. The molecule has 3 nitrogen and oxygen atoms in total. The molecule has 0 aliphatic carbocycles. The fourth-order valence-electron chi connectivity index (χ4n) is 2.79. The summed E-state index contributed by atoms with van der Waals surface area (Å²) in [7, 11) is 1.98. The monoisotopic (exact) mass is 233 g/mol. The summed E-state index contributed by atoms with van der Waals surface area (Å²) in [4.78, 5) is 0. The number of aryl methyl sites for hydroxylation is 1. The first-order valence-electron chi connectivity index (χ1n) is 6.48. The highest BCUT2D eigenvalue weighted by Crippen LogP contribution is 2.39. The molecule has 0 saturated heterocycles. The quantitative estimate of drug-likeness (QED) is 0.848. The molecule has 0 radical (unpaired) electrons. The van der Waals surface area contributed by atoms with Gasteiger partial charge < -0.3 is 14.8 Å². The highest BCUT2D eigenvalue weighted by Gasteiger charge is 2.23. The molecule has 0 amide bonds. The molecule has 1 aromatic rings. The average molecular weight is 233 g/mol. The molecule has 0 saturated carbocycles. The first-order chi connectivity index (χ1) is 8.40. The van der Waals surface area contributed by atoms with E-state index in [1.165, 1.54) is 16.7 Å². The summed E-state index contributed by atoms with van der Waals surface area (Å²) in [5, 5.41) is 3.25. The molecule has 17 heavy (non-hydrogen) atoms. The number of hydrogen-bond acceptors (Lipinski definition) is 3. The molecule has 3 rings (SSSR count). The summed E-state index contributed by atoms with van der Waals surface area (Å²) in [5.74, 6) is 2.21. The number of fused-ring (bicyclic) bond motifs is 2. The Morgan fingerprint density at radius 3 is 2.88 bits per heavy atom. The Hall–Kier alpha value is -1.22. The smallest absolute Gasteiger partial charge is 0.127 e. The van der Waals surface area contributed by atoms with Crippen LogP contribution in [0.2, 0.25) is 0 Å². The van der Waals surface area contributed by atoms with E-state index in [1.54, 1.807) is 0 Å². The summed E-state index contributed by atoms with van der Waals surface area (Å²) < 4.78 is 11.7. The second kappa shape index (κ2) is 4.57. The maximum Gasteiger partial charge on any atom is 0.127 e. The van der Waals surface area contributed by atoms with Crippen LogP contribution < -0.4 is 14.8 Å². The molecule has 0 atom stereocenters. The molecule has 0 bridgehead atoms. The van der Waals surface area contributed by atoms with Crippen molar-refractivity contribution in [3.63, 3.8) is 0 Å². The third-order valence-electron chi connectivity index (χ3n) is 3.55. The van der Waals surface area contributed by atoms with Crippen molar-refractivity contribution in [2.75, 3.05) is 20.3 Å². The van der Waals surface area contributed by atoms with Crippen LogP contribution in [0.5, 0.6) is 11.5 Å². The van der Waals surface area contributed by atoms with Crippen molar-refractivity contribution in [1.29, 1.82) is 0 Å². The molecule has 0 spiro atoms. The van der Waals surface area contributed by atoms with Crippen molar-refractivity contribution in [2.24, 2.45) is 0 Å². The number of benzene rings is 1. The Morgan fingerprint density at radius 2 is 2.00 bits per heavy atom. The highest BCUT2D eigenvalue weighted by molar-refractivity contribution is 5.55. The molecule has 0 fully saturated rings. The lowest BCUT2D eigenvalue weighted by Crippen LogP contribution is -2.19. The molecule has 2 aliphatic rings. The molecule has 1 aromatic carbocycles. The zero-order valence-electron chi connectivity index (χ0n) is 10.3. The van der Waals surface area contributed by atoms with Crippen molar-refractivity contribution < 1.29 is 9.47 Å². The van der Waals surface area contributed by atoms with Crippen molar-refractivity contribution in [1.82, 2.24) is 5.32 Å². The van der Waals surface area contributed by atoms with Gasteiger partial charge in [0.15, 0.2) is 0 Å². The Balaban J connectivity index is 2.12. The Labute approximate surface area is 102 Å². The molecule has 2 aliphatic heterocycles. The molecular formula is C14H19NO2. The molecule has 3 heteroatoms. The predicted octanol–water partition coefficient (Wildman–Crippen LogP) is 2.06. The van der Waals surface area contributed by atoms with Crippen LogP contribution in [0.1, 0.15) is 29.5 Å². The van der Waals surface area contributed by atoms with Crippen molar-refractivity contribution in [3.05, 3.63) is 22.8 Å². The maximum atomic E-state index is 5.88. The van der Waals surface area contributed by atoms with E-state index in [0.717, 1.165) is 56.9 Å². The molecule has 1 N–H and O–H groups in total. The van der Waals surface area contributed by atoms with Gasteiger partial charge in [-0.2, -0.15) is 0 Å². The van der Waals surface area contributed by atoms with Crippen LogP contribution in [0, 0.1) is 0 Å². The number of hydrogen-bond donors (Lipinski definition) is 1. The standard InChI is InChI=1S/C14H19NO2/c1-15-9-12-11-5-3-6-16-13(11)8-10-4-2-7-17-14(10)12/h8,15H,2-7,9H2,1H3. The van der Waals surface area contributed by atoms with Crippen LogP contribution in [0.15, 0.2) is 6.07 Å². The van der Waals surface area contributed by atoms with Crippen LogP contribution in [0.4, 0.5) is 0 Å². The molecular weight excluding hydrogens is 214 g/mol. The van der Waals surface area contributed by atoms with Gasteiger partial charge in [0, 0.05) is 17.7 Å². The minimum Gasteiger partial charge on any atom is -0.493 e. The van der Waals surface area contributed by atoms with Crippen LogP contribution in [0.25, 0.3) is 0 Å². The zero-order valence-corrected chi connectivity index (χ0v) is 10.3. The highest BCUT2D eigenvalue weighted by atomic mass is 16.5. The Kier molecular flexibility index (Phi) is 2.93. The van der Waals surface area contributed by atoms with Crippen LogP contribution in [0.3, 0.4) is 0 Å². The first-order valence-corrected chi connectivity index (χ1v) is 6.48. The normalized spacial score (nSPS) is 17.7. The van der Waals surface area contributed by atoms with Gasteiger partial charge in [-0.3, -0.25) is 0 Å². The lowest BCUT2D eigenvalue weighted by molar-refractivity contribution is 0.269. The van der Waals surface area contributed by atoms with Crippen LogP contribution >= 0.6 is 0 Å². The van der Waals surface area contributed by atoms with Gasteiger partial charge in [0.2, 0.25) is 0 Å². The summed E-state index contributed by atoms with van der Waals surface area (Å²) in [5.41, 5.74) is 3.99. The van der Waals surface area contributed by atoms with E-state index in [9.17, 15) is 0 Å². The van der Waals surface area contributed by atoms with E-state index in [-0.39, 0.29) is 0 Å². The number of rotatable bonds is 2. The largest absolute Gasteiger partial charge is 0.493 e. The third-order valence-corrected chi connectivity index (χ3v) is 3.55. The minimum absolute atomic E-state index is 0.851. The number of ether oxygens (including phenoxy) is 2. The van der Waals surface area contributed by atoms with Gasteiger partial charge in [0.25, 0.3) is 0 Å². The summed E-state index contributed by atoms with van der Waals surface area (Å²) in [6, 6.07) is 2.20. The van der Waals surface area contributed by atoms with E-state index in [0.29, 0.717) is 0 Å². The van der Waals surface area contributed by atoms with Gasteiger partial charge in [-0.05, 0) is 44.4 Å². The lowest BCUT2D eigenvalue weighted by Gasteiger charge is -2.27. The van der Waals surface area contributed by atoms with Gasteiger partial charge in [0.1, 0.15) is 11.5 Å². The van der Waals surface area contributed by atoms with E-state index in [2.05, 4.69) is 11.4 Å². The summed E-state index contributed by atoms with van der Waals surface area (Å²) in [6.07, 6.45) is 4.46. The van der Waals surface area contributed by atoms with Gasteiger partial charge >= 0.3 is 0 Å². The van der Waals surface area contributed by atoms with Gasteiger partial charge in [-0.15, -0.1) is 0 Å². The Bertz CT molecular complexity index is 394. The molecule has 0 aromatic heterocycles. The van der Waals surface area contributed by atoms with Crippen molar-refractivity contribution in [2.45, 2.75) is 32.2 Å². The van der Waals surface area contributed by atoms with E-state index in [4.69, 9.17) is 9.47 Å². The summed E-state index contributed by atoms with van der Waals surface area (Å²) >= 11 is 0. The van der Waals surface area contributed by atoms with Crippen molar-refractivity contribution >= 4 is 0 Å². The lowest BCUT2D eigenvalue weighted by atomic mass is 9.93. The second-order valence-electron chi connectivity index (χ2n) is 4.75. The van der Waals surface area contributed by atoms with Gasteiger partial charge in [-0.1, -0.05) is 0 Å². The molecule has 0 unspecified atom stereocenters. The zero-order chi connectivity index (χ0) is 11.7. The predicted molar refractivity (Wildman–Crippen MR) is 66.8 cm³/mol. The molecule has 92 valence electrons. The average Bonchev–Trinajstić information content (AvgIpc) is 2.39. The topological polar surface area (TPSA) is 30.5 Å². The van der Waals surface area contributed by atoms with Crippen LogP contribution in [-0.4, -0.2) is 20.3 Å². The first kappa shape index (κ1) is 10.9. The summed E-state index contributed by atoms with van der Waals surface area (Å²) in [6.45, 7) is 2.57. The second-order valence-corrected chi connectivity index (χ2v) is 4.75. The Morgan fingerprint density at radius 1 is 1.18 bits per heavy atom. The maximum absolute atomic E-state index is 5.88. The fourth-order valence-corrected chi connectivity index (χ4v) is 2.79. The van der Waals surface area contributed by atoms with Gasteiger partial charge in [-0.25, -0.2) is 0 Å². The van der Waals surface area contributed by atoms with E-state index >= 15 is 0 Å². The molecule has 2 heterocycles. The van der Waals surface area contributed by atoms with E-state index in [1.807, 2.05) is 7.05 Å². The van der Waals surface area contributed by atoms with Crippen LogP contribution in [-0.2, 0) is 19.4 Å². The fraction of sp³-hybridized carbons (Fsp3) is 0.571. The number of nitrogens with one attached hydrogen (secondary N) is 1. The van der Waals surface area contributed by atoms with Crippen molar-refractivity contribution in [3.8, 4) is 11.5 Å². The van der Waals surface area contributed by atoms with E-state index < -0.39 is 0 Å². The SMILES string of the molecule is CNCc1c2c(cc3c1OCCC3)OCCC2. The minimum atomic E-state index is 0.851. The van der Waals surface area contributed by atoms with Gasteiger partial charge in [0.05, 0.1) is 13.2 Å².